The molecule has 2 heterocycles. The van der Waals surface area contributed by atoms with Gasteiger partial charge in [0.1, 0.15) is 0 Å². The van der Waals surface area contributed by atoms with Gasteiger partial charge in [-0.25, -0.2) is 0 Å². The largest absolute Gasteiger partial charge is 0.288 e. The fourth-order valence-electron chi connectivity index (χ4n) is 3.01. The SMILES string of the molecule is Cc1cc(Cl)cc2c1C(=O)/C(=C1\Sc3cc(Cl)cc(C)c3C1=O)S2. The molecule has 0 atom stereocenters. The van der Waals surface area contributed by atoms with Gasteiger partial charge in [-0.15, -0.1) is 0 Å². The van der Waals surface area contributed by atoms with Gasteiger partial charge in [0.15, 0.2) is 0 Å². The minimum Gasteiger partial charge on any atom is -0.288 e. The lowest BCUT2D eigenvalue weighted by Crippen LogP contribution is -2.04. The molecule has 120 valence electrons. The molecule has 0 fully saturated rings. The van der Waals surface area contributed by atoms with E-state index in [1.165, 1.54) is 23.5 Å². The molecule has 6 heteroatoms. The highest BCUT2D eigenvalue weighted by Gasteiger charge is 2.37. The summed E-state index contributed by atoms with van der Waals surface area (Å²) in [4.78, 5) is 28.3. The predicted octanol–water partition coefficient (Wildman–Crippen LogP) is 6.10. The number of hydrogen-bond donors (Lipinski definition) is 0. The van der Waals surface area contributed by atoms with E-state index in [9.17, 15) is 9.59 Å². The van der Waals surface area contributed by atoms with Crippen LogP contribution in [-0.4, -0.2) is 11.6 Å². The van der Waals surface area contributed by atoms with Gasteiger partial charge in [-0.3, -0.25) is 9.59 Å². The van der Waals surface area contributed by atoms with Crippen molar-refractivity contribution in [3.63, 3.8) is 0 Å². The van der Waals surface area contributed by atoms with Gasteiger partial charge in [-0.2, -0.15) is 0 Å². The van der Waals surface area contributed by atoms with E-state index >= 15 is 0 Å². The van der Waals surface area contributed by atoms with E-state index in [1.807, 2.05) is 13.8 Å². The molecule has 2 aromatic carbocycles. The molecule has 0 spiro atoms. The number of rotatable bonds is 0. The van der Waals surface area contributed by atoms with Crippen LogP contribution >= 0.6 is 46.7 Å². The molecule has 0 aromatic heterocycles. The number of thioether (sulfide) groups is 2. The van der Waals surface area contributed by atoms with Crippen molar-refractivity contribution >= 4 is 58.3 Å². The van der Waals surface area contributed by atoms with E-state index in [4.69, 9.17) is 23.2 Å². The van der Waals surface area contributed by atoms with Crippen molar-refractivity contribution in [2.45, 2.75) is 23.6 Å². The zero-order valence-electron chi connectivity index (χ0n) is 12.7. The molecule has 0 bridgehead atoms. The second-order valence-electron chi connectivity index (χ2n) is 5.71. The topological polar surface area (TPSA) is 34.1 Å². The van der Waals surface area contributed by atoms with E-state index in [0.717, 1.165) is 20.9 Å². The van der Waals surface area contributed by atoms with Crippen LogP contribution in [0.4, 0.5) is 0 Å². The van der Waals surface area contributed by atoms with Crippen LogP contribution in [0.1, 0.15) is 31.8 Å². The number of carbonyl (C=O) groups excluding carboxylic acids is 2. The Bertz CT molecular complexity index is 913. The number of carbonyl (C=O) groups is 2. The molecule has 0 aliphatic carbocycles. The molecule has 0 unspecified atom stereocenters. The number of Topliss-reactive ketones (excluding diaryl/α,β-unsaturated/α-hetero) is 2. The molecular weight excluding hydrogens is 383 g/mol. The first-order chi connectivity index (χ1) is 11.4. The van der Waals surface area contributed by atoms with E-state index < -0.39 is 0 Å². The van der Waals surface area contributed by atoms with Gasteiger partial charge in [0, 0.05) is 31.0 Å². The molecule has 4 rings (SSSR count). The molecule has 0 saturated carbocycles. The lowest BCUT2D eigenvalue weighted by Gasteiger charge is -2.01. The van der Waals surface area contributed by atoms with Gasteiger partial charge in [-0.1, -0.05) is 46.7 Å². The Labute approximate surface area is 157 Å². The maximum absolute atomic E-state index is 12.9. The van der Waals surface area contributed by atoms with Crippen molar-refractivity contribution < 1.29 is 9.59 Å². The Kier molecular flexibility index (Phi) is 3.84. The minimum atomic E-state index is -0.100. The summed E-state index contributed by atoms with van der Waals surface area (Å²) in [6, 6.07) is 7.10. The molecule has 2 aliphatic rings. The van der Waals surface area contributed by atoms with Crippen molar-refractivity contribution in [3.8, 4) is 0 Å². The summed E-state index contributed by atoms with van der Waals surface area (Å²) < 4.78 is 0. The van der Waals surface area contributed by atoms with Gasteiger partial charge in [0.2, 0.25) is 11.6 Å². The van der Waals surface area contributed by atoms with Crippen molar-refractivity contribution in [1.82, 2.24) is 0 Å². The standard InChI is InChI=1S/C18H10Cl2O2S2/c1-7-3-9(19)5-11-13(7)15(21)17(23-11)18-16(22)14-8(2)4-10(20)6-12(14)24-18/h3-6H,1-2H3/b18-17+. The predicted molar refractivity (Wildman–Crippen MR) is 99.8 cm³/mol. The number of halogens is 2. The third-order valence-corrected chi connectivity index (χ3v) is 6.86. The Morgan fingerprint density at radius 2 is 1.08 bits per heavy atom. The first-order valence-electron chi connectivity index (χ1n) is 7.16. The fourth-order valence-corrected chi connectivity index (χ4v) is 6.21. The Hall–Kier alpha value is -1.20. The van der Waals surface area contributed by atoms with Crippen LogP contribution in [0, 0.1) is 13.8 Å². The average Bonchev–Trinajstić information content (AvgIpc) is 2.96. The highest BCUT2D eigenvalue weighted by atomic mass is 35.5. The molecule has 0 amide bonds. The average molecular weight is 393 g/mol. The first kappa shape index (κ1) is 16.3. The van der Waals surface area contributed by atoms with Crippen LogP contribution in [-0.2, 0) is 0 Å². The molecule has 2 aliphatic heterocycles. The number of hydrogen-bond acceptors (Lipinski definition) is 4. The summed E-state index contributed by atoms with van der Waals surface area (Å²) >= 11 is 14.8. The maximum Gasteiger partial charge on any atom is 0.202 e. The molecular formula is C18H10Cl2O2S2. The van der Waals surface area contributed by atoms with Crippen molar-refractivity contribution in [2.24, 2.45) is 0 Å². The zero-order valence-corrected chi connectivity index (χ0v) is 15.8. The lowest BCUT2D eigenvalue weighted by molar-refractivity contribution is 0.101. The van der Waals surface area contributed by atoms with E-state index in [2.05, 4.69) is 0 Å². The number of ketones is 2. The second-order valence-corrected chi connectivity index (χ2v) is 8.69. The molecule has 0 N–H and O–H groups in total. The smallest absolute Gasteiger partial charge is 0.202 e. The fraction of sp³-hybridized carbons (Fsp3) is 0.111. The van der Waals surface area contributed by atoms with Gasteiger partial charge in [0.05, 0.1) is 9.81 Å². The van der Waals surface area contributed by atoms with Crippen molar-refractivity contribution in [3.05, 3.63) is 66.4 Å². The minimum absolute atomic E-state index is 0.100. The van der Waals surface area contributed by atoms with Crippen LogP contribution < -0.4 is 0 Å². The van der Waals surface area contributed by atoms with Crippen molar-refractivity contribution in [2.75, 3.05) is 0 Å². The third kappa shape index (κ3) is 2.36. The highest BCUT2D eigenvalue weighted by Crippen LogP contribution is 2.51. The Balaban J connectivity index is 1.86. The van der Waals surface area contributed by atoms with Crippen LogP contribution in [0.3, 0.4) is 0 Å². The Morgan fingerprint density at radius 1 is 0.708 bits per heavy atom. The lowest BCUT2D eigenvalue weighted by atomic mass is 10.0. The molecule has 2 nitrogen and oxygen atoms in total. The van der Waals surface area contributed by atoms with Crippen molar-refractivity contribution in [1.29, 1.82) is 0 Å². The van der Waals surface area contributed by atoms with Gasteiger partial charge < -0.3 is 0 Å². The molecule has 2 aromatic rings. The summed E-state index contributed by atoms with van der Waals surface area (Å²) in [5.74, 6) is -0.201. The summed E-state index contributed by atoms with van der Waals surface area (Å²) in [7, 11) is 0. The number of allylic oxidation sites excluding steroid dienone is 2. The summed E-state index contributed by atoms with van der Waals surface area (Å²) in [5.41, 5.74) is 2.95. The molecule has 0 radical (unpaired) electrons. The van der Waals surface area contributed by atoms with Gasteiger partial charge >= 0.3 is 0 Å². The summed E-state index contributed by atoms with van der Waals surface area (Å²) in [6.45, 7) is 3.72. The molecule has 24 heavy (non-hydrogen) atoms. The third-order valence-electron chi connectivity index (χ3n) is 4.03. The summed E-state index contributed by atoms with van der Waals surface area (Å²) in [5, 5.41) is 1.18. The summed E-state index contributed by atoms with van der Waals surface area (Å²) in [6.07, 6.45) is 0. The van der Waals surface area contributed by atoms with Crippen LogP contribution in [0.15, 0.2) is 43.9 Å². The van der Waals surface area contributed by atoms with Gasteiger partial charge in [-0.05, 0) is 49.2 Å². The molecule has 0 saturated heterocycles. The van der Waals surface area contributed by atoms with Crippen LogP contribution in [0.5, 0.6) is 0 Å². The monoisotopic (exact) mass is 392 g/mol. The number of benzene rings is 2. The normalized spacial score (nSPS) is 19.0. The van der Waals surface area contributed by atoms with E-state index in [0.29, 0.717) is 31.0 Å². The number of fused-ring (bicyclic) bond motifs is 2. The zero-order chi connectivity index (χ0) is 17.2. The first-order valence-corrected chi connectivity index (χ1v) is 9.55. The number of aryl methyl sites for hydroxylation is 2. The maximum atomic E-state index is 12.9. The quantitative estimate of drug-likeness (QED) is 0.507. The second kappa shape index (κ2) is 5.67. The van der Waals surface area contributed by atoms with Crippen LogP contribution in [0.2, 0.25) is 10.0 Å². The van der Waals surface area contributed by atoms with Gasteiger partial charge in [0.25, 0.3) is 0 Å². The van der Waals surface area contributed by atoms with E-state index in [1.54, 1.807) is 24.3 Å². The van der Waals surface area contributed by atoms with Crippen LogP contribution in [0.25, 0.3) is 0 Å². The van der Waals surface area contributed by atoms with E-state index in [-0.39, 0.29) is 11.6 Å². The highest BCUT2D eigenvalue weighted by molar-refractivity contribution is 8.08. The Morgan fingerprint density at radius 3 is 1.46 bits per heavy atom.